The first kappa shape index (κ1) is 25.1. The molecule has 38 heavy (non-hydrogen) atoms. The summed E-state index contributed by atoms with van der Waals surface area (Å²) in [5, 5.41) is 15.6. The molecule has 9 heteroatoms. The summed E-state index contributed by atoms with van der Waals surface area (Å²) in [5.74, 6) is 0.141. The zero-order chi connectivity index (χ0) is 26.5. The lowest BCUT2D eigenvalue weighted by Gasteiger charge is -2.10. The Labute approximate surface area is 229 Å². The number of aromatic nitrogens is 1. The molecule has 5 aromatic rings. The Balaban J connectivity index is 1.38. The van der Waals surface area contributed by atoms with E-state index in [0.29, 0.717) is 44.4 Å². The van der Waals surface area contributed by atoms with E-state index >= 15 is 0 Å². The topological polar surface area (TPSA) is 105 Å². The maximum Gasteiger partial charge on any atom is 0.345 e. The molecular formula is C29H18BrN3O4S. The predicted molar refractivity (Wildman–Crippen MR) is 152 cm³/mol. The van der Waals surface area contributed by atoms with Crippen molar-refractivity contribution >= 4 is 61.5 Å². The summed E-state index contributed by atoms with van der Waals surface area (Å²) < 4.78 is 12.1. The molecule has 0 bridgehead atoms. The lowest BCUT2D eigenvalue weighted by molar-refractivity contribution is -0.118. The number of para-hydroxylation sites is 2. The fraction of sp³-hybridized carbons (Fsp3) is 0.0345. The van der Waals surface area contributed by atoms with Gasteiger partial charge in [-0.3, -0.25) is 4.79 Å². The van der Waals surface area contributed by atoms with Gasteiger partial charge in [-0.2, -0.15) is 5.26 Å². The van der Waals surface area contributed by atoms with Gasteiger partial charge in [-0.05, 0) is 48.5 Å². The van der Waals surface area contributed by atoms with Gasteiger partial charge in [0, 0.05) is 26.5 Å². The second-order valence-corrected chi connectivity index (χ2v) is 9.85. The third-order valence-corrected chi connectivity index (χ3v) is 6.83. The molecule has 3 aromatic carbocycles. The van der Waals surface area contributed by atoms with E-state index in [4.69, 9.17) is 9.15 Å². The molecule has 186 valence electrons. The minimum absolute atomic E-state index is 0.198. The second-order valence-electron chi connectivity index (χ2n) is 8.08. The number of nitrogens with one attached hydrogen (secondary N) is 1. The number of allylic oxidation sites excluding steroid dienone is 1. The van der Waals surface area contributed by atoms with E-state index < -0.39 is 5.63 Å². The molecule has 5 rings (SSSR count). The van der Waals surface area contributed by atoms with Crippen LogP contribution in [-0.2, 0) is 4.79 Å². The molecule has 0 atom stereocenters. The molecule has 7 nitrogen and oxygen atoms in total. The number of hydrogen-bond acceptors (Lipinski definition) is 7. The Morgan fingerprint density at radius 3 is 2.71 bits per heavy atom. The van der Waals surface area contributed by atoms with E-state index in [9.17, 15) is 14.9 Å². The van der Waals surface area contributed by atoms with Gasteiger partial charge in [0.2, 0.25) is 0 Å². The molecule has 0 saturated heterocycles. The van der Waals surface area contributed by atoms with Crippen molar-refractivity contribution in [3.05, 3.63) is 110 Å². The monoisotopic (exact) mass is 583 g/mol. The Morgan fingerprint density at radius 1 is 1.11 bits per heavy atom. The molecule has 0 fully saturated rings. The van der Waals surface area contributed by atoms with Gasteiger partial charge in [0.1, 0.15) is 22.4 Å². The van der Waals surface area contributed by atoms with Crippen LogP contribution in [0, 0.1) is 11.3 Å². The molecule has 0 spiro atoms. The lowest BCUT2D eigenvalue weighted by Crippen LogP contribution is -2.20. The summed E-state index contributed by atoms with van der Waals surface area (Å²) in [4.78, 5) is 29.5. The van der Waals surface area contributed by atoms with Crippen molar-refractivity contribution in [3.63, 3.8) is 0 Å². The van der Waals surface area contributed by atoms with Crippen molar-refractivity contribution < 1.29 is 13.9 Å². The molecule has 1 amide bonds. The standard InChI is InChI=1S/C29H18BrN3O4S/c30-21-10-11-26-19(13-21)14-23(29(35)37-26)24-17-38-28(33-24)20(15-31)12-18-6-4-5-9-25(18)36-16-27(34)32-22-7-2-1-3-8-22/h1-14,17H,16H2,(H,32,34). The van der Waals surface area contributed by atoms with E-state index in [-0.39, 0.29) is 12.5 Å². The quantitative estimate of drug-likeness (QED) is 0.167. The summed E-state index contributed by atoms with van der Waals surface area (Å²) in [6, 6.07) is 25.5. The fourth-order valence-electron chi connectivity index (χ4n) is 3.68. The first-order chi connectivity index (χ1) is 18.5. The van der Waals surface area contributed by atoms with Crippen molar-refractivity contribution in [2.75, 3.05) is 11.9 Å². The molecule has 0 unspecified atom stereocenters. The van der Waals surface area contributed by atoms with Crippen LogP contribution < -0.4 is 15.7 Å². The average Bonchev–Trinajstić information content (AvgIpc) is 3.41. The third kappa shape index (κ3) is 5.72. The number of benzene rings is 3. The van der Waals surface area contributed by atoms with Crippen LogP contribution in [0.5, 0.6) is 5.75 Å². The fourth-order valence-corrected chi connectivity index (χ4v) is 4.85. The number of anilines is 1. The number of hydrogen-bond donors (Lipinski definition) is 1. The van der Waals surface area contributed by atoms with Gasteiger partial charge in [0.25, 0.3) is 5.91 Å². The first-order valence-corrected chi connectivity index (χ1v) is 13.1. The molecule has 2 aromatic heterocycles. The SMILES string of the molecule is N#CC(=Cc1ccccc1OCC(=O)Nc1ccccc1)c1nc(-c2cc3cc(Br)ccc3oc2=O)cs1. The highest BCUT2D eigenvalue weighted by Crippen LogP contribution is 2.30. The zero-order valence-corrected chi connectivity index (χ0v) is 22.1. The lowest BCUT2D eigenvalue weighted by atomic mass is 10.1. The van der Waals surface area contributed by atoms with Crippen LogP contribution in [0.25, 0.3) is 33.9 Å². The molecule has 0 aliphatic carbocycles. The Hall–Kier alpha value is -4.52. The minimum atomic E-state index is -0.508. The number of carbonyl (C=O) groups excluding carboxylic acids is 1. The molecule has 2 heterocycles. The third-order valence-electron chi connectivity index (χ3n) is 5.46. The molecule has 0 aliphatic heterocycles. The number of nitriles is 1. The maximum atomic E-state index is 12.6. The Morgan fingerprint density at radius 2 is 1.89 bits per heavy atom. The van der Waals surface area contributed by atoms with Crippen LogP contribution in [0.3, 0.4) is 0 Å². The number of halogens is 1. The van der Waals surface area contributed by atoms with Crippen LogP contribution >= 0.6 is 27.3 Å². The summed E-state index contributed by atoms with van der Waals surface area (Å²) in [6.07, 6.45) is 1.65. The Kier molecular flexibility index (Phi) is 7.45. The molecule has 0 radical (unpaired) electrons. The number of rotatable bonds is 7. The van der Waals surface area contributed by atoms with Crippen molar-refractivity contribution in [1.29, 1.82) is 5.26 Å². The molecule has 0 saturated carbocycles. The van der Waals surface area contributed by atoms with Gasteiger partial charge in [0.15, 0.2) is 6.61 Å². The molecular weight excluding hydrogens is 566 g/mol. The van der Waals surface area contributed by atoms with Gasteiger partial charge < -0.3 is 14.5 Å². The van der Waals surface area contributed by atoms with E-state index in [2.05, 4.69) is 32.3 Å². The van der Waals surface area contributed by atoms with Gasteiger partial charge in [-0.15, -0.1) is 11.3 Å². The van der Waals surface area contributed by atoms with Crippen LogP contribution in [0.2, 0.25) is 0 Å². The van der Waals surface area contributed by atoms with Crippen molar-refractivity contribution in [2.45, 2.75) is 0 Å². The summed E-state index contributed by atoms with van der Waals surface area (Å²) >= 11 is 4.67. The van der Waals surface area contributed by atoms with E-state index in [1.54, 1.807) is 60.0 Å². The van der Waals surface area contributed by atoms with E-state index in [0.717, 1.165) is 9.86 Å². The number of ether oxygens (including phenoxy) is 1. The summed E-state index contributed by atoms with van der Waals surface area (Å²) in [6.45, 7) is -0.198. The van der Waals surface area contributed by atoms with E-state index in [1.807, 2.05) is 30.3 Å². The second kappa shape index (κ2) is 11.3. The highest BCUT2D eigenvalue weighted by Gasteiger charge is 2.15. The van der Waals surface area contributed by atoms with Crippen LogP contribution in [0.15, 0.2) is 97.9 Å². The minimum Gasteiger partial charge on any atom is -0.483 e. The highest BCUT2D eigenvalue weighted by atomic mass is 79.9. The summed E-state index contributed by atoms with van der Waals surface area (Å²) in [5.41, 5.74) is 2.28. The van der Waals surface area contributed by atoms with Gasteiger partial charge in [-0.1, -0.05) is 52.3 Å². The largest absolute Gasteiger partial charge is 0.483 e. The smallest absolute Gasteiger partial charge is 0.345 e. The normalized spacial score (nSPS) is 11.2. The van der Waals surface area contributed by atoms with Crippen molar-refractivity contribution in [2.24, 2.45) is 0 Å². The maximum absolute atomic E-state index is 12.6. The first-order valence-electron chi connectivity index (χ1n) is 11.4. The van der Waals surface area contributed by atoms with Crippen molar-refractivity contribution in [1.82, 2.24) is 4.98 Å². The summed E-state index contributed by atoms with van der Waals surface area (Å²) in [7, 11) is 0. The van der Waals surface area contributed by atoms with Gasteiger partial charge in [-0.25, -0.2) is 9.78 Å². The predicted octanol–water partition coefficient (Wildman–Crippen LogP) is 6.76. The number of carbonyl (C=O) groups is 1. The average molecular weight is 584 g/mol. The molecule has 1 N–H and O–H groups in total. The highest BCUT2D eigenvalue weighted by molar-refractivity contribution is 9.10. The number of fused-ring (bicyclic) bond motifs is 1. The zero-order valence-electron chi connectivity index (χ0n) is 19.7. The number of amides is 1. The van der Waals surface area contributed by atoms with Crippen LogP contribution in [-0.4, -0.2) is 17.5 Å². The number of thiazole rings is 1. The van der Waals surface area contributed by atoms with Gasteiger partial charge in [0.05, 0.1) is 16.8 Å². The Bertz CT molecular complexity index is 1770. The van der Waals surface area contributed by atoms with Crippen LogP contribution in [0.4, 0.5) is 5.69 Å². The van der Waals surface area contributed by atoms with Gasteiger partial charge >= 0.3 is 5.63 Å². The molecule has 0 aliphatic rings. The van der Waals surface area contributed by atoms with E-state index in [1.165, 1.54) is 11.3 Å². The number of nitrogens with zero attached hydrogens (tertiary/aromatic N) is 2. The van der Waals surface area contributed by atoms with Crippen molar-refractivity contribution in [3.8, 4) is 23.1 Å². The van der Waals surface area contributed by atoms with Crippen LogP contribution in [0.1, 0.15) is 10.6 Å².